The van der Waals surface area contributed by atoms with Crippen molar-refractivity contribution < 1.29 is 18.5 Å². The largest absolute Gasteiger partial charge is 0.553 e. The van der Waals surface area contributed by atoms with Crippen molar-refractivity contribution in [3.8, 4) is 0 Å². The molecule has 0 unspecified atom stereocenters. The van der Waals surface area contributed by atoms with Crippen LogP contribution in [0.5, 0.6) is 0 Å². The highest BCUT2D eigenvalue weighted by molar-refractivity contribution is 7.32. The Balaban J connectivity index is 3.19. The smallest absolute Gasteiger partial charge is 0.330 e. The third-order valence-electron chi connectivity index (χ3n) is 1.54. The Morgan fingerprint density at radius 3 is 2.60 bits per heavy atom. The fraction of sp³-hybridized carbons (Fsp3) is 0.700. The molecule has 0 N–H and O–H groups in total. The molecule has 5 heteroatoms. The number of likely N-dealkylation sites (N-methyl/N-ethyl adjacent to an activating group) is 1. The van der Waals surface area contributed by atoms with E-state index < -0.39 is 0 Å². The van der Waals surface area contributed by atoms with Crippen molar-refractivity contribution in [2.75, 3.05) is 47.1 Å². The highest BCUT2D eigenvalue weighted by atomic mass is 31.1. The van der Waals surface area contributed by atoms with Gasteiger partial charge in [-0.1, -0.05) is 6.58 Å². The number of hydrogen-bond acceptors (Lipinski definition) is 3. The maximum Gasteiger partial charge on any atom is 0.330 e. The van der Waals surface area contributed by atoms with Crippen LogP contribution in [0.2, 0.25) is 0 Å². The van der Waals surface area contributed by atoms with Gasteiger partial charge in [0.05, 0.1) is 40.9 Å². The standard InChI is InChI=1S/C10H20NO3P/c1-5-10(12)13-8-9-15-14-7-6-11(2,3)4/h5H,1,6-9H2,2-4H3. The molecule has 0 heterocycles. The third kappa shape index (κ3) is 11.5. The lowest BCUT2D eigenvalue weighted by atomic mass is 10.5. The molecule has 0 saturated heterocycles. The number of quaternary nitrogens is 1. The molecule has 0 amide bonds. The van der Waals surface area contributed by atoms with Gasteiger partial charge < -0.3 is 22.6 Å². The van der Waals surface area contributed by atoms with E-state index in [2.05, 4.69) is 27.7 Å². The maximum absolute atomic E-state index is 10.6. The van der Waals surface area contributed by atoms with Gasteiger partial charge in [-0.3, -0.25) is 0 Å². The van der Waals surface area contributed by atoms with Crippen molar-refractivity contribution in [3.05, 3.63) is 12.7 Å². The normalized spacial score (nSPS) is 11.9. The van der Waals surface area contributed by atoms with Gasteiger partial charge in [-0.15, -0.1) is 6.16 Å². The maximum atomic E-state index is 10.6. The molecule has 0 radical (unpaired) electrons. The molecule has 0 aromatic carbocycles. The SMILES string of the molecule is C=CC(=O)OCC[P-]OCC[N+](C)(C)C. The van der Waals surface area contributed by atoms with Crippen molar-refractivity contribution in [1.82, 2.24) is 0 Å². The van der Waals surface area contributed by atoms with E-state index >= 15 is 0 Å². The molecule has 0 fully saturated rings. The van der Waals surface area contributed by atoms with Gasteiger partial charge in [-0.05, 0) is 0 Å². The molecular formula is C10H20NO3P. The van der Waals surface area contributed by atoms with Gasteiger partial charge in [-0.25, -0.2) is 4.79 Å². The Hall–Kier alpha value is -0.440. The van der Waals surface area contributed by atoms with Crippen molar-refractivity contribution in [2.45, 2.75) is 0 Å². The minimum atomic E-state index is -0.378. The summed E-state index contributed by atoms with van der Waals surface area (Å²) in [7, 11) is 7.21. The molecule has 0 aromatic rings. The molecule has 0 spiro atoms. The van der Waals surface area contributed by atoms with Crippen LogP contribution in [0.1, 0.15) is 0 Å². The molecule has 0 aliphatic heterocycles. The zero-order valence-electron chi connectivity index (χ0n) is 9.73. The Kier molecular flexibility index (Phi) is 7.57. The van der Waals surface area contributed by atoms with E-state index in [0.717, 1.165) is 32.5 Å². The zero-order chi connectivity index (χ0) is 11.7. The molecule has 88 valence electrons. The fourth-order valence-corrected chi connectivity index (χ4v) is 1.19. The first-order valence-corrected chi connectivity index (χ1v) is 5.84. The van der Waals surface area contributed by atoms with Gasteiger partial charge in [0.15, 0.2) is 0 Å². The van der Waals surface area contributed by atoms with Crippen LogP contribution in [0.25, 0.3) is 0 Å². The summed E-state index contributed by atoms with van der Waals surface area (Å²) in [6.07, 6.45) is 1.87. The van der Waals surface area contributed by atoms with Crippen LogP contribution in [0.15, 0.2) is 12.7 Å². The summed E-state index contributed by atoms with van der Waals surface area (Å²) in [6, 6.07) is 0. The lowest BCUT2D eigenvalue weighted by molar-refractivity contribution is -0.870. The highest BCUT2D eigenvalue weighted by Crippen LogP contribution is 2.10. The summed E-state index contributed by atoms with van der Waals surface area (Å²) in [6.45, 7) is 5.39. The number of carbonyl (C=O) groups excluding carboxylic acids is 1. The van der Waals surface area contributed by atoms with Crippen LogP contribution >= 0.6 is 8.81 Å². The zero-order valence-corrected chi connectivity index (χ0v) is 10.6. The Morgan fingerprint density at radius 2 is 2.07 bits per heavy atom. The van der Waals surface area contributed by atoms with Gasteiger partial charge >= 0.3 is 5.97 Å². The van der Waals surface area contributed by atoms with Gasteiger partial charge in [0.25, 0.3) is 0 Å². The average Bonchev–Trinajstić information content (AvgIpc) is 2.14. The number of nitrogens with zero attached hydrogens (tertiary/aromatic N) is 1. The number of rotatable bonds is 8. The molecule has 0 aliphatic rings. The van der Waals surface area contributed by atoms with E-state index in [1.165, 1.54) is 0 Å². The van der Waals surface area contributed by atoms with Gasteiger partial charge in [0.2, 0.25) is 0 Å². The summed E-state index contributed by atoms with van der Waals surface area (Å²) in [5, 5.41) is 0. The van der Waals surface area contributed by atoms with Crippen LogP contribution in [-0.2, 0) is 14.1 Å². The van der Waals surface area contributed by atoms with Gasteiger partial charge in [0.1, 0.15) is 0 Å². The summed E-state index contributed by atoms with van der Waals surface area (Å²) >= 11 is 0. The summed E-state index contributed by atoms with van der Waals surface area (Å²) in [5.41, 5.74) is 0. The van der Waals surface area contributed by atoms with E-state index in [1.54, 1.807) is 0 Å². The third-order valence-corrected chi connectivity index (χ3v) is 2.27. The molecule has 0 bridgehead atoms. The molecule has 0 atom stereocenters. The molecule has 0 aliphatic carbocycles. The first-order chi connectivity index (χ1) is 6.95. The Morgan fingerprint density at radius 1 is 1.40 bits per heavy atom. The van der Waals surface area contributed by atoms with Gasteiger partial charge in [0, 0.05) is 6.08 Å². The number of hydrogen-bond donors (Lipinski definition) is 0. The molecule has 0 rings (SSSR count). The first kappa shape index (κ1) is 14.6. The van der Waals surface area contributed by atoms with Crippen LogP contribution in [0, 0.1) is 0 Å². The topological polar surface area (TPSA) is 35.5 Å². The van der Waals surface area contributed by atoms with Crippen molar-refractivity contribution in [2.24, 2.45) is 0 Å². The molecule has 4 nitrogen and oxygen atoms in total. The second kappa shape index (κ2) is 7.80. The minimum Gasteiger partial charge on any atom is -0.553 e. The predicted molar refractivity (Wildman–Crippen MR) is 61.8 cm³/mol. The Bertz CT molecular complexity index is 201. The lowest BCUT2D eigenvalue weighted by Crippen LogP contribution is -2.37. The van der Waals surface area contributed by atoms with E-state index in [4.69, 9.17) is 9.26 Å². The number of carbonyl (C=O) groups is 1. The summed E-state index contributed by atoms with van der Waals surface area (Å²) < 4.78 is 11.0. The summed E-state index contributed by atoms with van der Waals surface area (Å²) in [5.74, 6) is -0.378. The van der Waals surface area contributed by atoms with Crippen LogP contribution < -0.4 is 0 Å². The van der Waals surface area contributed by atoms with Crippen LogP contribution in [-0.4, -0.2) is 57.5 Å². The quantitative estimate of drug-likeness (QED) is 0.208. The fourth-order valence-electron chi connectivity index (χ4n) is 0.686. The van der Waals surface area contributed by atoms with Gasteiger partial charge in [-0.2, -0.15) is 0 Å². The van der Waals surface area contributed by atoms with E-state index in [1.807, 2.05) is 0 Å². The van der Waals surface area contributed by atoms with Crippen molar-refractivity contribution in [3.63, 3.8) is 0 Å². The van der Waals surface area contributed by atoms with Crippen molar-refractivity contribution in [1.29, 1.82) is 0 Å². The second-order valence-electron chi connectivity index (χ2n) is 4.07. The second-order valence-corrected chi connectivity index (χ2v) is 5.04. The van der Waals surface area contributed by atoms with Crippen LogP contribution in [0.3, 0.4) is 0 Å². The average molecular weight is 233 g/mol. The monoisotopic (exact) mass is 233 g/mol. The molecule has 0 aromatic heterocycles. The molecule has 15 heavy (non-hydrogen) atoms. The summed E-state index contributed by atoms with van der Waals surface area (Å²) in [4.78, 5) is 10.6. The number of esters is 1. The van der Waals surface area contributed by atoms with Crippen LogP contribution in [0.4, 0.5) is 0 Å². The van der Waals surface area contributed by atoms with E-state index in [0.29, 0.717) is 12.8 Å². The van der Waals surface area contributed by atoms with Crippen molar-refractivity contribution >= 4 is 14.8 Å². The number of ether oxygens (including phenoxy) is 1. The highest BCUT2D eigenvalue weighted by Gasteiger charge is 2.03. The predicted octanol–water partition coefficient (Wildman–Crippen LogP) is 1.30. The first-order valence-electron chi connectivity index (χ1n) is 4.84. The van der Waals surface area contributed by atoms with E-state index in [-0.39, 0.29) is 5.97 Å². The minimum absolute atomic E-state index is 0.378. The lowest BCUT2D eigenvalue weighted by Gasteiger charge is -2.27. The molecule has 0 saturated carbocycles. The van der Waals surface area contributed by atoms with E-state index in [9.17, 15) is 4.79 Å². The molecular weight excluding hydrogens is 213 g/mol. The Labute approximate surface area is 93.7 Å².